The van der Waals surface area contributed by atoms with Crippen molar-refractivity contribution in [3.05, 3.63) is 0 Å². The second kappa shape index (κ2) is 9.76. The summed E-state index contributed by atoms with van der Waals surface area (Å²) in [5.74, 6) is 0.0699. The Balaban J connectivity index is 2.04. The molecule has 2 aliphatic heterocycles. The largest absolute Gasteiger partial charge is 0.461 e. The van der Waals surface area contributed by atoms with E-state index in [1.54, 1.807) is 14.0 Å². The summed E-state index contributed by atoms with van der Waals surface area (Å²) in [5, 5.41) is 2.97. The minimum Gasteiger partial charge on any atom is -0.461 e. The molecule has 0 bridgehead atoms. The number of rotatable bonds is 5. The lowest BCUT2D eigenvalue weighted by Crippen LogP contribution is -2.54. The molecule has 2 rings (SSSR count). The van der Waals surface area contributed by atoms with Gasteiger partial charge in [-0.25, -0.2) is 14.6 Å². The molecule has 9 nitrogen and oxygen atoms in total. The van der Waals surface area contributed by atoms with E-state index in [-0.39, 0.29) is 23.8 Å². The number of methoxy groups -OCH3 is 1. The third-order valence-electron chi connectivity index (χ3n) is 5.61. The minimum atomic E-state index is -0.534. The van der Waals surface area contributed by atoms with Gasteiger partial charge in [-0.1, -0.05) is 6.92 Å². The standard InChI is InChI=1S/C21H36N4O5/c1-8-29-18(26)16-17(24-15(28-7)13-22-16)25-11-9-21(6,10-12-25)14(2)23-19(27)30-20(3,4)5/h14-15H,8-13H2,1-7H3,(H,23,27). The number of likely N-dealkylation sites (tertiary alicyclic amines) is 1. The highest BCUT2D eigenvalue weighted by Crippen LogP contribution is 2.35. The molecule has 0 saturated carbocycles. The molecule has 0 aromatic carbocycles. The number of hydrogen-bond acceptors (Lipinski definition) is 8. The van der Waals surface area contributed by atoms with Gasteiger partial charge in [-0.3, -0.25) is 4.99 Å². The SMILES string of the molecule is CCOC(=O)C1=NCC(OC)N=C1N1CCC(C)(C(C)NC(=O)OC(C)(C)C)CC1. The summed E-state index contributed by atoms with van der Waals surface area (Å²) in [6.07, 6.45) is 0.822. The normalized spacial score (nSPS) is 22.5. The molecule has 1 N–H and O–H groups in total. The van der Waals surface area contributed by atoms with Crippen LogP contribution in [0.4, 0.5) is 4.79 Å². The highest BCUT2D eigenvalue weighted by Gasteiger charge is 2.39. The van der Waals surface area contributed by atoms with Gasteiger partial charge in [-0.15, -0.1) is 0 Å². The number of nitrogens with zero attached hydrogens (tertiary/aromatic N) is 3. The Morgan fingerprint density at radius 3 is 2.47 bits per heavy atom. The van der Waals surface area contributed by atoms with Crippen LogP contribution in [0.2, 0.25) is 0 Å². The van der Waals surface area contributed by atoms with Crippen molar-refractivity contribution in [1.82, 2.24) is 10.2 Å². The van der Waals surface area contributed by atoms with Crippen molar-refractivity contribution in [3.63, 3.8) is 0 Å². The van der Waals surface area contributed by atoms with E-state index in [1.165, 1.54) is 0 Å². The number of amides is 1. The molecule has 1 amide bonds. The molecule has 0 spiro atoms. The molecule has 9 heteroatoms. The molecule has 170 valence electrons. The summed E-state index contributed by atoms with van der Waals surface area (Å²) in [6, 6.07) is -0.0623. The molecule has 2 heterocycles. The van der Waals surface area contributed by atoms with Crippen molar-refractivity contribution in [3.8, 4) is 0 Å². The molecule has 2 atom stereocenters. The zero-order valence-corrected chi connectivity index (χ0v) is 19.3. The molecule has 0 radical (unpaired) electrons. The average Bonchev–Trinajstić information content (AvgIpc) is 2.66. The quantitative estimate of drug-likeness (QED) is 0.680. The fourth-order valence-electron chi connectivity index (χ4n) is 3.51. The summed E-state index contributed by atoms with van der Waals surface area (Å²) in [7, 11) is 1.58. The number of carbonyl (C=O) groups excluding carboxylic acids is 2. The zero-order valence-electron chi connectivity index (χ0n) is 19.3. The molecule has 30 heavy (non-hydrogen) atoms. The Hall–Kier alpha value is -2.16. The van der Waals surface area contributed by atoms with Crippen LogP contribution in [0.5, 0.6) is 0 Å². The number of hydrogen-bond donors (Lipinski definition) is 1. The number of carbonyl (C=O) groups is 2. The van der Waals surface area contributed by atoms with Gasteiger partial charge in [-0.05, 0) is 52.9 Å². The van der Waals surface area contributed by atoms with Crippen LogP contribution < -0.4 is 5.32 Å². The number of esters is 1. The van der Waals surface area contributed by atoms with Crippen LogP contribution in [-0.4, -0.2) is 79.7 Å². The molecule has 2 unspecified atom stereocenters. The van der Waals surface area contributed by atoms with Gasteiger partial charge in [-0.2, -0.15) is 0 Å². The number of piperidine rings is 1. The lowest BCUT2D eigenvalue weighted by Gasteiger charge is -2.44. The third-order valence-corrected chi connectivity index (χ3v) is 5.61. The Morgan fingerprint density at radius 1 is 1.30 bits per heavy atom. The Morgan fingerprint density at radius 2 is 1.93 bits per heavy atom. The van der Waals surface area contributed by atoms with Gasteiger partial charge >= 0.3 is 12.1 Å². The number of ether oxygens (including phenoxy) is 3. The van der Waals surface area contributed by atoms with Crippen molar-refractivity contribution < 1.29 is 23.8 Å². The number of alkyl carbamates (subject to hydrolysis) is 1. The lowest BCUT2D eigenvalue weighted by atomic mass is 9.74. The lowest BCUT2D eigenvalue weighted by molar-refractivity contribution is -0.134. The monoisotopic (exact) mass is 424 g/mol. The Bertz CT molecular complexity index is 690. The van der Waals surface area contributed by atoms with Crippen LogP contribution in [0, 0.1) is 5.41 Å². The van der Waals surface area contributed by atoms with Crippen LogP contribution >= 0.6 is 0 Å². The molecule has 0 aromatic rings. The van der Waals surface area contributed by atoms with E-state index in [0.717, 1.165) is 12.8 Å². The van der Waals surface area contributed by atoms with E-state index in [2.05, 4.69) is 27.1 Å². The first-order valence-electron chi connectivity index (χ1n) is 10.6. The van der Waals surface area contributed by atoms with Gasteiger partial charge in [0.1, 0.15) is 5.60 Å². The first-order valence-corrected chi connectivity index (χ1v) is 10.6. The second-order valence-corrected chi connectivity index (χ2v) is 9.06. The van der Waals surface area contributed by atoms with E-state index in [1.807, 2.05) is 27.7 Å². The topological polar surface area (TPSA) is 102 Å². The van der Waals surface area contributed by atoms with Gasteiger partial charge in [0.2, 0.25) is 0 Å². The molecule has 1 fully saturated rings. The highest BCUT2D eigenvalue weighted by atomic mass is 16.6. The average molecular weight is 425 g/mol. The van der Waals surface area contributed by atoms with E-state index in [4.69, 9.17) is 14.2 Å². The van der Waals surface area contributed by atoms with Crippen LogP contribution in [-0.2, 0) is 19.0 Å². The maximum absolute atomic E-state index is 12.4. The first kappa shape index (κ1) is 24.1. The van der Waals surface area contributed by atoms with Crippen LogP contribution in [0.25, 0.3) is 0 Å². The fourth-order valence-corrected chi connectivity index (χ4v) is 3.51. The predicted octanol–water partition coefficient (Wildman–Crippen LogP) is 2.39. The smallest absolute Gasteiger partial charge is 0.407 e. The van der Waals surface area contributed by atoms with Crippen LogP contribution in [0.15, 0.2) is 9.98 Å². The summed E-state index contributed by atoms with van der Waals surface area (Å²) < 4.78 is 15.9. The molecular weight excluding hydrogens is 388 g/mol. The van der Waals surface area contributed by atoms with Crippen molar-refractivity contribution >= 4 is 23.6 Å². The number of amidine groups is 1. The Labute approximate surface area is 179 Å². The van der Waals surface area contributed by atoms with Crippen molar-refractivity contribution in [2.24, 2.45) is 15.4 Å². The second-order valence-electron chi connectivity index (χ2n) is 9.06. The molecule has 1 saturated heterocycles. The van der Waals surface area contributed by atoms with Gasteiger partial charge in [0.25, 0.3) is 0 Å². The minimum absolute atomic E-state index is 0.0623. The fraction of sp³-hybridized carbons (Fsp3) is 0.810. The van der Waals surface area contributed by atoms with Gasteiger partial charge in [0.05, 0.1) is 13.2 Å². The summed E-state index contributed by atoms with van der Waals surface area (Å²) >= 11 is 0. The first-order chi connectivity index (χ1) is 14.0. The van der Waals surface area contributed by atoms with Crippen molar-refractivity contribution in [1.29, 1.82) is 0 Å². The van der Waals surface area contributed by atoms with Gasteiger partial charge < -0.3 is 24.4 Å². The van der Waals surface area contributed by atoms with Gasteiger partial charge in [0, 0.05) is 26.2 Å². The number of aliphatic imine (C=N–C) groups is 2. The Kier molecular flexibility index (Phi) is 7.85. The third kappa shape index (κ3) is 6.17. The van der Waals surface area contributed by atoms with E-state index >= 15 is 0 Å². The molecule has 0 aromatic heterocycles. The van der Waals surface area contributed by atoms with Crippen molar-refractivity contribution in [2.75, 3.05) is 33.4 Å². The van der Waals surface area contributed by atoms with Crippen LogP contribution in [0.3, 0.4) is 0 Å². The van der Waals surface area contributed by atoms with E-state index < -0.39 is 23.9 Å². The predicted molar refractivity (Wildman–Crippen MR) is 115 cm³/mol. The summed E-state index contributed by atoms with van der Waals surface area (Å²) in [5.41, 5.74) is -0.382. The zero-order chi connectivity index (χ0) is 22.5. The highest BCUT2D eigenvalue weighted by molar-refractivity contribution is 6.65. The summed E-state index contributed by atoms with van der Waals surface area (Å²) in [6.45, 7) is 13.4. The number of nitrogens with one attached hydrogen (secondary N) is 1. The van der Waals surface area contributed by atoms with E-state index in [0.29, 0.717) is 25.5 Å². The van der Waals surface area contributed by atoms with Gasteiger partial charge in [0.15, 0.2) is 17.8 Å². The molecule has 2 aliphatic rings. The molecule has 0 aliphatic carbocycles. The summed E-state index contributed by atoms with van der Waals surface area (Å²) in [4.78, 5) is 35.5. The van der Waals surface area contributed by atoms with E-state index in [9.17, 15) is 9.59 Å². The van der Waals surface area contributed by atoms with Crippen molar-refractivity contribution in [2.45, 2.75) is 72.3 Å². The molecular formula is C21H36N4O5. The van der Waals surface area contributed by atoms with Crippen LogP contribution in [0.1, 0.15) is 54.4 Å². The maximum Gasteiger partial charge on any atom is 0.407 e. The maximum atomic E-state index is 12.4.